The summed E-state index contributed by atoms with van der Waals surface area (Å²) in [6, 6.07) is 9.14. The van der Waals surface area contributed by atoms with E-state index >= 15 is 0 Å². The van der Waals surface area contributed by atoms with Gasteiger partial charge in [0.15, 0.2) is 11.6 Å². The predicted octanol–water partition coefficient (Wildman–Crippen LogP) is 1.83. The van der Waals surface area contributed by atoms with E-state index in [0.717, 1.165) is 11.6 Å². The number of ketones is 2. The van der Waals surface area contributed by atoms with Crippen molar-refractivity contribution in [3.63, 3.8) is 0 Å². The first-order chi connectivity index (χ1) is 8.50. The Hall–Kier alpha value is -2.23. The average Bonchev–Trinajstić information content (AvgIpc) is 2.34. The standard InChI is InChI=1S/C14H14O4/c1-10(15)13(11(2)16)8-14(17)18-9-12-6-4-3-5-7-12/h3-8H,9H2,1-2H3. The van der Waals surface area contributed by atoms with Crippen LogP contribution in [0.5, 0.6) is 0 Å². The fourth-order valence-electron chi connectivity index (χ4n) is 1.34. The van der Waals surface area contributed by atoms with Gasteiger partial charge in [0, 0.05) is 6.08 Å². The van der Waals surface area contributed by atoms with E-state index in [1.54, 1.807) is 0 Å². The van der Waals surface area contributed by atoms with Crippen molar-refractivity contribution in [1.29, 1.82) is 0 Å². The Balaban J connectivity index is 2.64. The lowest BCUT2D eigenvalue weighted by Gasteiger charge is -2.03. The molecule has 0 spiro atoms. The van der Waals surface area contributed by atoms with Crippen molar-refractivity contribution >= 4 is 17.5 Å². The minimum atomic E-state index is -0.695. The zero-order valence-electron chi connectivity index (χ0n) is 10.3. The van der Waals surface area contributed by atoms with Crippen molar-refractivity contribution in [3.05, 3.63) is 47.5 Å². The molecule has 0 saturated heterocycles. The van der Waals surface area contributed by atoms with Crippen molar-refractivity contribution in [2.45, 2.75) is 20.5 Å². The number of hydrogen-bond acceptors (Lipinski definition) is 4. The molecule has 0 saturated carbocycles. The third kappa shape index (κ3) is 4.33. The smallest absolute Gasteiger partial charge is 0.331 e. The van der Waals surface area contributed by atoms with Crippen LogP contribution in [0.15, 0.2) is 42.0 Å². The van der Waals surface area contributed by atoms with Crippen molar-refractivity contribution in [2.24, 2.45) is 0 Å². The highest BCUT2D eigenvalue weighted by atomic mass is 16.5. The maximum atomic E-state index is 11.4. The predicted molar refractivity (Wildman–Crippen MR) is 65.7 cm³/mol. The van der Waals surface area contributed by atoms with Gasteiger partial charge in [-0.2, -0.15) is 0 Å². The Morgan fingerprint density at radius 2 is 1.61 bits per heavy atom. The minimum Gasteiger partial charge on any atom is -0.458 e. The molecular weight excluding hydrogens is 232 g/mol. The molecule has 0 aromatic heterocycles. The van der Waals surface area contributed by atoms with Crippen molar-refractivity contribution in [3.8, 4) is 0 Å². The summed E-state index contributed by atoms with van der Waals surface area (Å²) in [5, 5.41) is 0. The van der Waals surface area contributed by atoms with Crippen LogP contribution in [-0.2, 0) is 25.7 Å². The number of hydrogen-bond donors (Lipinski definition) is 0. The van der Waals surface area contributed by atoms with Gasteiger partial charge in [-0.05, 0) is 19.4 Å². The Labute approximate surface area is 105 Å². The van der Waals surface area contributed by atoms with E-state index in [-0.39, 0.29) is 12.2 Å². The van der Waals surface area contributed by atoms with Crippen LogP contribution in [0.3, 0.4) is 0 Å². The third-order valence-corrected chi connectivity index (χ3v) is 2.24. The van der Waals surface area contributed by atoms with Crippen LogP contribution >= 0.6 is 0 Å². The van der Waals surface area contributed by atoms with Gasteiger partial charge in [-0.3, -0.25) is 9.59 Å². The summed E-state index contributed by atoms with van der Waals surface area (Å²) in [5.74, 6) is -1.59. The lowest BCUT2D eigenvalue weighted by molar-refractivity contribution is -0.139. The molecule has 18 heavy (non-hydrogen) atoms. The maximum Gasteiger partial charge on any atom is 0.331 e. The fourth-order valence-corrected chi connectivity index (χ4v) is 1.34. The summed E-state index contributed by atoms with van der Waals surface area (Å²) in [4.78, 5) is 33.6. The molecule has 1 aromatic carbocycles. The molecule has 0 atom stereocenters. The third-order valence-electron chi connectivity index (χ3n) is 2.24. The zero-order valence-corrected chi connectivity index (χ0v) is 10.3. The molecule has 0 radical (unpaired) electrons. The summed E-state index contributed by atoms with van der Waals surface area (Å²) in [5.41, 5.74) is 0.694. The lowest BCUT2D eigenvalue weighted by Crippen LogP contribution is -2.10. The second-order valence-corrected chi connectivity index (χ2v) is 3.76. The van der Waals surface area contributed by atoms with Gasteiger partial charge >= 0.3 is 5.97 Å². The molecule has 0 heterocycles. The average molecular weight is 246 g/mol. The Kier molecular flexibility index (Phi) is 4.99. The number of benzene rings is 1. The van der Waals surface area contributed by atoms with E-state index in [1.807, 2.05) is 30.3 Å². The van der Waals surface area contributed by atoms with Gasteiger partial charge in [0.25, 0.3) is 0 Å². The molecule has 0 fully saturated rings. The van der Waals surface area contributed by atoms with E-state index in [1.165, 1.54) is 13.8 Å². The summed E-state index contributed by atoms with van der Waals surface area (Å²) in [6.07, 6.45) is 0.938. The first-order valence-corrected chi connectivity index (χ1v) is 5.45. The molecule has 0 unspecified atom stereocenters. The molecule has 1 rings (SSSR count). The summed E-state index contributed by atoms with van der Waals surface area (Å²) < 4.78 is 4.94. The van der Waals surface area contributed by atoms with Crippen LogP contribution in [0.4, 0.5) is 0 Å². The van der Waals surface area contributed by atoms with Crippen molar-refractivity contribution in [1.82, 2.24) is 0 Å². The largest absolute Gasteiger partial charge is 0.458 e. The number of carbonyl (C=O) groups excluding carboxylic acids is 3. The van der Waals surface area contributed by atoms with Gasteiger partial charge in [-0.25, -0.2) is 4.79 Å². The Morgan fingerprint density at radius 3 is 2.11 bits per heavy atom. The van der Waals surface area contributed by atoms with Crippen LogP contribution in [0.1, 0.15) is 19.4 Å². The second-order valence-electron chi connectivity index (χ2n) is 3.76. The minimum absolute atomic E-state index is 0.110. The highest BCUT2D eigenvalue weighted by molar-refractivity contribution is 6.20. The molecule has 4 heteroatoms. The van der Waals surface area contributed by atoms with Gasteiger partial charge < -0.3 is 4.74 Å². The molecule has 0 bridgehead atoms. The number of Topliss-reactive ketones (excluding diaryl/α,β-unsaturated/α-hetero) is 2. The molecule has 0 N–H and O–H groups in total. The van der Waals surface area contributed by atoms with E-state index in [9.17, 15) is 14.4 Å². The number of ether oxygens (including phenoxy) is 1. The molecule has 4 nitrogen and oxygen atoms in total. The van der Waals surface area contributed by atoms with Crippen LogP contribution < -0.4 is 0 Å². The normalized spacial score (nSPS) is 9.44. The highest BCUT2D eigenvalue weighted by Gasteiger charge is 2.12. The maximum absolute atomic E-state index is 11.4. The Bertz CT molecular complexity index is 470. The van der Waals surface area contributed by atoms with Crippen LogP contribution in [0, 0.1) is 0 Å². The van der Waals surface area contributed by atoms with Crippen LogP contribution in [0.25, 0.3) is 0 Å². The van der Waals surface area contributed by atoms with Crippen LogP contribution in [-0.4, -0.2) is 17.5 Å². The van der Waals surface area contributed by atoms with Crippen molar-refractivity contribution in [2.75, 3.05) is 0 Å². The van der Waals surface area contributed by atoms with E-state index in [0.29, 0.717) is 0 Å². The zero-order chi connectivity index (χ0) is 13.5. The van der Waals surface area contributed by atoms with E-state index in [2.05, 4.69) is 0 Å². The second kappa shape index (κ2) is 6.49. The van der Waals surface area contributed by atoms with Gasteiger partial charge in [0.05, 0.1) is 5.57 Å². The molecule has 0 aliphatic carbocycles. The van der Waals surface area contributed by atoms with Gasteiger partial charge in [-0.1, -0.05) is 30.3 Å². The summed E-state index contributed by atoms with van der Waals surface area (Å²) >= 11 is 0. The molecule has 0 aliphatic rings. The molecule has 0 amide bonds. The molecule has 1 aromatic rings. The topological polar surface area (TPSA) is 60.4 Å². The van der Waals surface area contributed by atoms with E-state index in [4.69, 9.17) is 4.74 Å². The highest BCUT2D eigenvalue weighted by Crippen LogP contribution is 2.03. The SMILES string of the molecule is CC(=O)C(=CC(=O)OCc1ccccc1)C(C)=O. The summed E-state index contributed by atoms with van der Waals surface area (Å²) in [7, 11) is 0. The van der Waals surface area contributed by atoms with Gasteiger partial charge in [0.2, 0.25) is 0 Å². The fraction of sp³-hybridized carbons (Fsp3) is 0.214. The number of allylic oxidation sites excluding steroid dienone is 1. The molecule has 0 aliphatic heterocycles. The number of carbonyl (C=O) groups is 3. The van der Waals surface area contributed by atoms with Crippen LogP contribution in [0.2, 0.25) is 0 Å². The number of rotatable bonds is 5. The quantitative estimate of drug-likeness (QED) is 0.344. The van der Waals surface area contributed by atoms with Gasteiger partial charge in [-0.15, -0.1) is 0 Å². The Morgan fingerprint density at radius 1 is 1.06 bits per heavy atom. The van der Waals surface area contributed by atoms with Gasteiger partial charge in [0.1, 0.15) is 6.61 Å². The molecule has 94 valence electrons. The number of esters is 1. The first-order valence-electron chi connectivity index (χ1n) is 5.45. The molecular formula is C14H14O4. The van der Waals surface area contributed by atoms with Crippen molar-refractivity contribution < 1.29 is 19.1 Å². The first kappa shape index (κ1) is 13.8. The lowest BCUT2D eigenvalue weighted by atomic mass is 10.1. The summed E-state index contributed by atoms with van der Waals surface area (Å²) in [6.45, 7) is 2.58. The van der Waals surface area contributed by atoms with E-state index < -0.39 is 17.5 Å². The monoisotopic (exact) mass is 246 g/mol.